The molecular formula is C12H14N2O5. The van der Waals surface area contributed by atoms with E-state index in [4.69, 9.17) is 4.74 Å². The molecule has 0 fully saturated rings. The summed E-state index contributed by atoms with van der Waals surface area (Å²) in [6.07, 6.45) is 0.898. The zero-order valence-electron chi connectivity index (χ0n) is 10.4. The summed E-state index contributed by atoms with van der Waals surface area (Å²) in [5.41, 5.74) is 0.159. The number of benzene rings is 1. The van der Waals surface area contributed by atoms with E-state index in [1.54, 1.807) is 0 Å². The average molecular weight is 266 g/mol. The molecule has 0 saturated heterocycles. The smallest absolute Gasteiger partial charge is 0.306 e. The van der Waals surface area contributed by atoms with Crippen molar-refractivity contribution >= 4 is 23.3 Å². The molecule has 0 radical (unpaired) electrons. The first-order chi connectivity index (χ1) is 9.02. The third kappa shape index (κ3) is 5.15. The lowest BCUT2D eigenvalue weighted by Gasteiger charge is -2.06. The molecule has 7 nitrogen and oxygen atoms in total. The van der Waals surface area contributed by atoms with Crippen LogP contribution in [0, 0.1) is 10.1 Å². The van der Waals surface area contributed by atoms with Gasteiger partial charge in [-0.2, -0.15) is 0 Å². The van der Waals surface area contributed by atoms with Gasteiger partial charge in [-0.3, -0.25) is 19.7 Å². The van der Waals surface area contributed by atoms with Gasteiger partial charge in [0, 0.05) is 24.2 Å². The third-order valence-corrected chi connectivity index (χ3v) is 2.16. The van der Waals surface area contributed by atoms with E-state index in [-0.39, 0.29) is 17.8 Å². The lowest BCUT2D eigenvalue weighted by atomic mass is 10.3. The van der Waals surface area contributed by atoms with Crippen molar-refractivity contribution in [1.82, 2.24) is 0 Å². The van der Waals surface area contributed by atoms with E-state index in [0.29, 0.717) is 6.42 Å². The second kappa shape index (κ2) is 7.10. The number of nitro groups is 1. The van der Waals surface area contributed by atoms with Crippen molar-refractivity contribution in [2.24, 2.45) is 0 Å². The van der Waals surface area contributed by atoms with E-state index < -0.39 is 23.4 Å². The molecule has 0 aliphatic rings. The number of rotatable bonds is 6. The van der Waals surface area contributed by atoms with Gasteiger partial charge in [0.2, 0.25) is 0 Å². The van der Waals surface area contributed by atoms with E-state index in [9.17, 15) is 19.7 Å². The fourth-order valence-electron chi connectivity index (χ4n) is 1.32. The Morgan fingerprint density at radius 2 is 2.16 bits per heavy atom. The lowest BCUT2D eigenvalue weighted by molar-refractivity contribution is -0.384. The molecule has 1 rings (SSSR count). The first-order valence-electron chi connectivity index (χ1n) is 5.73. The van der Waals surface area contributed by atoms with Crippen LogP contribution in [0.15, 0.2) is 24.3 Å². The first-order valence-corrected chi connectivity index (χ1v) is 5.73. The Kier molecular flexibility index (Phi) is 5.46. The Hall–Kier alpha value is -2.44. The van der Waals surface area contributed by atoms with Crippen molar-refractivity contribution in [3.05, 3.63) is 34.4 Å². The summed E-state index contributed by atoms with van der Waals surface area (Å²) in [5.74, 6) is -0.985. The van der Waals surface area contributed by atoms with Gasteiger partial charge in [-0.15, -0.1) is 0 Å². The highest BCUT2D eigenvalue weighted by Crippen LogP contribution is 2.16. The Labute approximate surface area is 109 Å². The zero-order valence-corrected chi connectivity index (χ0v) is 10.4. The Morgan fingerprint density at radius 1 is 1.42 bits per heavy atom. The van der Waals surface area contributed by atoms with E-state index in [0.717, 1.165) is 0 Å². The predicted molar refractivity (Wildman–Crippen MR) is 67.6 cm³/mol. The largest absolute Gasteiger partial charge is 0.456 e. The number of non-ortho nitro benzene ring substituents is 1. The van der Waals surface area contributed by atoms with Gasteiger partial charge < -0.3 is 10.1 Å². The van der Waals surface area contributed by atoms with Gasteiger partial charge in [0.1, 0.15) is 0 Å². The molecule has 0 aliphatic carbocycles. The molecule has 0 saturated carbocycles. The van der Waals surface area contributed by atoms with Crippen molar-refractivity contribution in [2.75, 3.05) is 11.9 Å². The molecule has 7 heteroatoms. The molecule has 1 N–H and O–H groups in total. The second-order valence-electron chi connectivity index (χ2n) is 3.77. The van der Waals surface area contributed by atoms with Crippen LogP contribution in [-0.2, 0) is 14.3 Å². The van der Waals surface area contributed by atoms with Gasteiger partial charge >= 0.3 is 5.97 Å². The summed E-state index contributed by atoms with van der Waals surface area (Å²) >= 11 is 0. The first kappa shape index (κ1) is 14.6. The highest BCUT2D eigenvalue weighted by atomic mass is 16.6. The summed E-state index contributed by atoms with van der Waals surface area (Å²) in [6, 6.07) is 5.51. The summed E-state index contributed by atoms with van der Waals surface area (Å²) in [7, 11) is 0. The van der Waals surface area contributed by atoms with Gasteiger partial charge in [-0.1, -0.05) is 13.0 Å². The highest BCUT2D eigenvalue weighted by molar-refractivity contribution is 5.93. The third-order valence-electron chi connectivity index (χ3n) is 2.16. The summed E-state index contributed by atoms with van der Waals surface area (Å²) < 4.78 is 4.71. The highest BCUT2D eigenvalue weighted by Gasteiger charge is 2.09. The topological polar surface area (TPSA) is 98.5 Å². The molecule has 0 heterocycles. The molecule has 1 aromatic rings. The van der Waals surface area contributed by atoms with Crippen LogP contribution in [0.3, 0.4) is 0 Å². The number of esters is 1. The van der Waals surface area contributed by atoms with Gasteiger partial charge in [0.05, 0.1) is 4.92 Å². The fourth-order valence-corrected chi connectivity index (χ4v) is 1.32. The van der Waals surface area contributed by atoms with Gasteiger partial charge in [0.25, 0.3) is 11.6 Å². The minimum absolute atomic E-state index is 0.124. The monoisotopic (exact) mass is 266 g/mol. The number of nitrogens with one attached hydrogen (secondary N) is 1. The Morgan fingerprint density at radius 3 is 2.79 bits per heavy atom. The van der Waals surface area contributed by atoms with Crippen LogP contribution < -0.4 is 5.32 Å². The van der Waals surface area contributed by atoms with Crippen LogP contribution in [-0.4, -0.2) is 23.4 Å². The van der Waals surface area contributed by atoms with Gasteiger partial charge in [-0.25, -0.2) is 0 Å². The number of hydrogen-bond donors (Lipinski definition) is 1. The molecule has 19 heavy (non-hydrogen) atoms. The number of carbonyl (C=O) groups is 2. The van der Waals surface area contributed by atoms with Crippen LogP contribution in [0.4, 0.5) is 11.4 Å². The van der Waals surface area contributed by atoms with Crippen molar-refractivity contribution < 1.29 is 19.2 Å². The standard InChI is InChI=1S/C12H14N2O5/c1-2-4-12(16)19-8-11(15)13-9-5-3-6-10(7-9)14(17)18/h3,5-7H,2,4,8H2,1H3,(H,13,15). The van der Waals surface area contributed by atoms with Gasteiger partial charge in [0.15, 0.2) is 6.61 Å². The Balaban J connectivity index is 2.50. The van der Waals surface area contributed by atoms with Crippen molar-refractivity contribution in [3.63, 3.8) is 0 Å². The normalized spacial score (nSPS) is 9.74. The molecule has 0 bridgehead atoms. The maximum atomic E-state index is 11.4. The number of nitro benzene ring substituents is 1. The maximum Gasteiger partial charge on any atom is 0.306 e. The molecular weight excluding hydrogens is 252 g/mol. The molecule has 1 amide bonds. The molecule has 0 unspecified atom stereocenters. The van der Waals surface area contributed by atoms with E-state index >= 15 is 0 Å². The van der Waals surface area contributed by atoms with Gasteiger partial charge in [-0.05, 0) is 12.5 Å². The van der Waals surface area contributed by atoms with Crippen molar-refractivity contribution in [2.45, 2.75) is 19.8 Å². The molecule has 0 spiro atoms. The molecule has 0 atom stereocenters. The minimum atomic E-state index is -0.559. The fraction of sp³-hybridized carbons (Fsp3) is 0.333. The molecule has 0 aromatic heterocycles. The number of nitrogens with zero attached hydrogens (tertiary/aromatic N) is 1. The minimum Gasteiger partial charge on any atom is -0.456 e. The summed E-state index contributed by atoms with van der Waals surface area (Å²) in [4.78, 5) is 32.5. The number of amides is 1. The molecule has 102 valence electrons. The zero-order chi connectivity index (χ0) is 14.3. The van der Waals surface area contributed by atoms with Crippen LogP contribution in [0.1, 0.15) is 19.8 Å². The van der Waals surface area contributed by atoms with E-state index in [2.05, 4.69) is 5.32 Å². The summed E-state index contributed by atoms with van der Waals surface area (Å²) in [5, 5.41) is 13.0. The molecule has 0 aliphatic heterocycles. The van der Waals surface area contributed by atoms with Crippen LogP contribution in [0.5, 0.6) is 0 Å². The van der Waals surface area contributed by atoms with E-state index in [1.807, 2.05) is 6.92 Å². The number of hydrogen-bond acceptors (Lipinski definition) is 5. The van der Waals surface area contributed by atoms with Crippen LogP contribution >= 0.6 is 0 Å². The Bertz CT molecular complexity index is 487. The SMILES string of the molecule is CCCC(=O)OCC(=O)Nc1cccc([N+](=O)[O-])c1. The number of ether oxygens (including phenoxy) is 1. The lowest BCUT2D eigenvalue weighted by Crippen LogP contribution is -2.20. The number of carbonyl (C=O) groups excluding carboxylic acids is 2. The molecule has 1 aromatic carbocycles. The quantitative estimate of drug-likeness (QED) is 0.481. The van der Waals surface area contributed by atoms with E-state index in [1.165, 1.54) is 24.3 Å². The van der Waals surface area contributed by atoms with Crippen LogP contribution in [0.2, 0.25) is 0 Å². The predicted octanol–water partition coefficient (Wildman–Crippen LogP) is 1.88. The van der Waals surface area contributed by atoms with Crippen molar-refractivity contribution in [3.8, 4) is 0 Å². The average Bonchev–Trinajstić information content (AvgIpc) is 2.37. The van der Waals surface area contributed by atoms with Crippen LogP contribution in [0.25, 0.3) is 0 Å². The second-order valence-corrected chi connectivity index (χ2v) is 3.77. The number of anilines is 1. The summed E-state index contributed by atoms with van der Waals surface area (Å²) in [6.45, 7) is 1.42. The van der Waals surface area contributed by atoms with Crippen molar-refractivity contribution in [1.29, 1.82) is 0 Å². The maximum absolute atomic E-state index is 11.4.